The van der Waals surface area contributed by atoms with Crippen LogP contribution in [0.15, 0.2) is 42.7 Å². The van der Waals surface area contributed by atoms with Gasteiger partial charge < -0.3 is 15.3 Å². The Bertz CT molecular complexity index is 804. The van der Waals surface area contributed by atoms with Gasteiger partial charge in [-0.25, -0.2) is 4.98 Å². The second-order valence-corrected chi connectivity index (χ2v) is 5.62. The Morgan fingerprint density at radius 1 is 1.21 bits per heavy atom. The molecule has 0 aliphatic rings. The van der Waals surface area contributed by atoms with E-state index in [1.807, 2.05) is 25.1 Å². The average molecular weight is 345 g/mol. The lowest BCUT2D eigenvalue weighted by atomic mass is 10.3. The summed E-state index contributed by atoms with van der Waals surface area (Å²) in [5.41, 5.74) is 1.78. The number of benzene rings is 1. The second-order valence-electron chi connectivity index (χ2n) is 5.18. The van der Waals surface area contributed by atoms with E-state index in [4.69, 9.17) is 11.6 Å². The van der Waals surface area contributed by atoms with Gasteiger partial charge in [0.2, 0.25) is 0 Å². The van der Waals surface area contributed by atoms with Crippen molar-refractivity contribution < 1.29 is 5.11 Å². The van der Waals surface area contributed by atoms with Gasteiger partial charge in [-0.05, 0) is 31.2 Å². The molecule has 0 unspecified atom stereocenters. The number of aliphatic hydroxyl groups excluding tert-OH is 1. The summed E-state index contributed by atoms with van der Waals surface area (Å²) in [6, 6.07) is 9.20. The highest BCUT2D eigenvalue weighted by Crippen LogP contribution is 2.23. The number of nitrogens with zero attached hydrogens (tertiary/aromatic N) is 4. The molecule has 0 radical (unpaired) electrons. The van der Waals surface area contributed by atoms with Gasteiger partial charge in [0.15, 0.2) is 17.5 Å². The fourth-order valence-corrected chi connectivity index (χ4v) is 2.34. The van der Waals surface area contributed by atoms with Crippen LogP contribution in [0.25, 0.3) is 0 Å². The lowest BCUT2D eigenvalue weighted by Gasteiger charge is -2.20. The number of rotatable bonds is 6. The van der Waals surface area contributed by atoms with Crippen molar-refractivity contribution in [1.29, 1.82) is 0 Å². The zero-order valence-corrected chi connectivity index (χ0v) is 13.8. The van der Waals surface area contributed by atoms with Gasteiger partial charge in [0, 0.05) is 29.0 Å². The summed E-state index contributed by atoms with van der Waals surface area (Å²) in [5.74, 6) is 1.86. The van der Waals surface area contributed by atoms with E-state index in [9.17, 15) is 5.11 Å². The minimum atomic E-state index is -0.0254. The highest BCUT2D eigenvalue weighted by molar-refractivity contribution is 6.30. The summed E-state index contributed by atoms with van der Waals surface area (Å²) in [6.45, 7) is 2.25. The summed E-state index contributed by atoms with van der Waals surface area (Å²) in [5, 5.41) is 20.3. The first kappa shape index (κ1) is 16.2. The molecule has 1 aromatic carbocycles. The number of aryl methyl sites for hydroxylation is 1. The zero-order chi connectivity index (χ0) is 16.9. The van der Waals surface area contributed by atoms with Crippen molar-refractivity contribution in [2.24, 2.45) is 0 Å². The van der Waals surface area contributed by atoms with Crippen LogP contribution in [0.1, 0.15) is 5.69 Å². The second kappa shape index (κ2) is 7.29. The lowest BCUT2D eigenvalue weighted by Crippen LogP contribution is -2.23. The number of aliphatic hydroxyl groups is 1. The van der Waals surface area contributed by atoms with Crippen molar-refractivity contribution in [2.45, 2.75) is 6.92 Å². The van der Waals surface area contributed by atoms with Crippen molar-refractivity contribution in [3.63, 3.8) is 0 Å². The SMILES string of the molecule is Cc1cc(N(CCO)c2cncc(Nc3ccc(Cl)cc3)n2)n[nH]1. The maximum atomic E-state index is 9.34. The minimum Gasteiger partial charge on any atom is -0.395 e. The molecular weight excluding hydrogens is 328 g/mol. The fraction of sp³-hybridized carbons (Fsp3) is 0.188. The zero-order valence-electron chi connectivity index (χ0n) is 13.1. The summed E-state index contributed by atoms with van der Waals surface area (Å²) < 4.78 is 0. The molecule has 0 bridgehead atoms. The van der Waals surface area contributed by atoms with Crippen LogP contribution in [-0.2, 0) is 0 Å². The predicted octanol–water partition coefficient (Wildman–Crippen LogP) is 3.04. The normalized spacial score (nSPS) is 10.6. The maximum Gasteiger partial charge on any atom is 0.156 e. The van der Waals surface area contributed by atoms with Gasteiger partial charge in [0.1, 0.15) is 0 Å². The first-order chi connectivity index (χ1) is 11.7. The Labute approximate surface area is 144 Å². The molecule has 0 amide bonds. The van der Waals surface area contributed by atoms with Crippen molar-refractivity contribution in [3.05, 3.63) is 53.4 Å². The van der Waals surface area contributed by atoms with Gasteiger partial charge in [-0.2, -0.15) is 5.10 Å². The van der Waals surface area contributed by atoms with Crippen LogP contribution in [0.2, 0.25) is 5.02 Å². The van der Waals surface area contributed by atoms with E-state index in [2.05, 4.69) is 25.5 Å². The molecule has 0 fully saturated rings. The van der Waals surface area contributed by atoms with Crippen molar-refractivity contribution in [2.75, 3.05) is 23.4 Å². The summed E-state index contributed by atoms with van der Waals surface area (Å²) in [7, 11) is 0. The Hall–Kier alpha value is -2.64. The molecule has 3 aromatic rings. The van der Waals surface area contributed by atoms with Gasteiger partial charge in [0.25, 0.3) is 0 Å². The summed E-state index contributed by atoms with van der Waals surface area (Å²) >= 11 is 5.89. The van der Waals surface area contributed by atoms with E-state index < -0.39 is 0 Å². The van der Waals surface area contributed by atoms with E-state index in [0.29, 0.717) is 29.0 Å². The Morgan fingerprint density at radius 3 is 2.67 bits per heavy atom. The van der Waals surface area contributed by atoms with E-state index in [1.165, 1.54) is 0 Å². The molecular formula is C16H17ClN6O. The number of aromatic nitrogens is 4. The van der Waals surface area contributed by atoms with E-state index in [0.717, 1.165) is 11.4 Å². The molecule has 2 aromatic heterocycles. The number of anilines is 4. The van der Waals surface area contributed by atoms with Crippen LogP contribution >= 0.6 is 11.6 Å². The molecule has 124 valence electrons. The standard InChI is InChI=1S/C16H17ClN6O/c1-11-8-15(22-21-11)23(6-7-24)16-10-18-9-14(20-16)19-13-4-2-12(17)3-5-13/h2-5,8-10,24H,6-7H2,1H3,(H,19,20)(H,21,22). The Morgan fingerprint density at radius 2 is 2.00 bits per heavy atom. The molecule has 7 nitrogen and oxygen atoms in total. The van der Waals surface area contributed by atoms with E-state index in [1.54, 1.807) is 29.4 Å². The lowest BCUT2D eigenvalue weighted by molar-refractivity contribution is 0.305. The Kier molecular flexibility index (Phi) is 4.93. The number of hydrogen-bond acceptors (Lipinski definition) is 6. The largest absolute Gasteiger partial charge is 0.395 e. The maximum absolute atomic E-state index is 9.34. The molecule has 8 heteroatoms. The van der Waals surface area contributed by atoms with Gasteiger partial charge in [0.05, 0.1) is 19.0 Å². The van der Waals surface area contributed by atoms with Crippen LogP contribution in [0.3, 0.4) is 0 Å². The molecule has 0 aliphatic carbocycles. The first-order valence-corrected chi connectivity index (χ1v) is 7.78. The number of hydrogen-bond donors (Lipinski definition) is 3. The molecule has 0 atom stereocenters. The summed E-state index contributed by atoms with van der Waals surface area (Å²) in [4.78, 5) is 10.6. The highest BCUT2D eigenvalue weighted by Gasteiger charge is 2.14. The quantitative estimate of drug-likeness (QED) is 0.636. The average Bonchev–Trinajstić information content (AvgIpc) is 3.01. The number of halogens is 1. The molecule has 3 N–H and O–H groups in total. The predicted molar refractivity (Wildman–Crippen MR) is 94.2 cm³/mol. The van der Waals surface area contributed by atoms with E-state index in [-0.39, 0.29) is 6.61 Å². The number of aromatic amines is 1. The molecule has 0 saturated heterocycles. The first-order valence-electron chi connectivity index (χ1n) is 7.41. The van der Waals surface area contributed by atoms with E-state index >= 15 is 0 Å². The molecule has 0 saturated carbocycles. The van der Waals surface area contributed by atoms with Crippen LogP contribution in [0.5, 0.6) is 0 Å². The Balaban J connectivity index is 1.86. The van der Waals surface area contributed by atoms with Gasteiger partial charge >= 0.3 is 0 Å². The third-order valence-corrected chi connectivity index (χ3v) is 3.56. The highest BCUT2D eigenvalue weighted by atomic mass is 35.5. The molecule has 0 spiro atoms. The molecule has 3 rings (SSSR count). The third-order valence-electron chi connectivity index (χ3n) is 3.31. The van der Waals surface area contributed by atoms with Gasteiger partial charge in [-0.3, -0.25) is 10.1 Å². The van der Waals surface area contributed by atoms with Crippen LogP contribution < -0.4 is 10.2 Å². The number of nitrogens with one attached hydrogen (secondary N) is 2. The van der Waals surface area contributed by atoms with Crippen LogP contribution in [-0.4, -0.2) is 38.4 Å². The third kappa shape index (κ3) is 3.81. The van der Waals surface area contributed by atoms with Gasteiger partial charge in [-0.1, -0.05) is 11.6 Å². The van der Waals surface area contributed by atoms with Crippen molar-refractivity contribution in [1.82, 2.24) is 20.2 Å². The smallest absolute Gasteiger partial charge is 0.156 e. The molecule has 24 heavy (non-hydrogen) atoms. The monoisotopic (exact) mass is 344 g/mol. The summed E-state index contributed by atoms with van der Waals surface area (Å²) in [6.07, 6.45) is 3.26. The number of H-pyrrole nitrogens is 1. The molecule has 2 heterocycles. The van der Waals surface area contributed by atoms with Crippen molar-refractivity contribution >= 4 is 34.7 Å². The topological polar surface area (TPSA) is 90.0 Å². The van der Waals surface area contributed by atoms with Crippen molar-refractivity contribution in [3.8, 4) is 0 Å². The molecule has 0 aliphatic heterocycles. The fourth-order valence-electron chi connectivity index (χ4n) is 2.22. The van der Waals surface area contributed by atoms with Gasteiger partial charge in [-0.15, -0.1) is 0 Å². The minimum absolute atomic E-state index is 0.0254. The van der Waals surface area contributed by atoms with Crippen LogP contribution in [0.4, 0.5) is 23.1 Å². The van der Waals surface area contributed by atoms with Crippen LogP contribution in [0, 0.1) is 6.92 Å².